The Hall–Kier alpha value is -2.80. The third-order valence-corrected chi connectivity index (χ3v) is 7.44. The lowest BCUT2D eigenvalue weighted by Gasteiger charge is -2.28. The molecule has 1 aliphatic rings. The molecule has 2 aromatic rings. The van der Waals surface area contributed by atoms with Crippen LogP contribution in [-0.2, 0) is 9.59 Å². The van der Waals surface area contributed by atoms with E-state index < -0.39 is 6.04 Å². The minimum atomic E-state index is -0.421. The van der Waals surface area contributed by atoms with E-state index in [0.717, 1.165) is 39.4 Å². The molecule has 1 aromatic carbocycles. The van der Waals surface area contributed by atoms with E-state index in [4.69, 9.17) is 0 Å². The number of carbonyl (C=O) groups is 2. The minimum Gasteiger partial charge on any atom is -0.348 e. The van der Waals surface area contributed by atoms with Gasteiger partial charge in [-0.25, -0.2) is 4.98 Å². The van der Waals surface area contributed by atoms with Crippen molar-refractivity contribution in [2.45, 2.75) is 59.5 Å². The molecule has 1 fully saturated rings. The summed E-state index contributed by atoms with van der Waals surface area (Å²) in [5.41, 5.74) is 6.88. The van der Waals surface area contributed by atoms with Gasteiger partial charge in [-0.2, -0.15) is 0 Å². The van der Waals surface area contributed by atoms with Gasteiger partial charge in [-0.05, 0) is 64.7 Å². The number of nitrogens with one attached hydrogen (secondary N) is 1. The first-order chi connectivity index (χ1) is 15.7. The summed E-state index contributed by atoms with van der Waals surface area (Å²) in [4.78, 5) is 37.7. The second-order valence-corrected chi connectivity index (χ2v) is 9.64. The molecule has 2 amide bonds. The van der Waals surface area contributed by atoms with E-state index in [1.54, 1.807) is 23.3 Å². The lowest BCUT2D eigenvalue weighted by molar-refractivity contribution is -0.140. The Morgan fingerprint density at radius 2 is 1.94 bits per heavy atom. The zero-order valence-corrected chi connectivity index (χ0v) is 21.2. The summed E-state index contributed by atoms with van der Waals surface area (Å²) in [6.07, 6.45) is 3.47. The normalized spacial score (nSPS) is 18.8. The number of rotatable bonds is 7. The van der Waals surface area contributed by atoms with Crippen LogP contribution < -0.4 is 5.32 Å². The molecule has 0 aliphatic carbocycles. The number of amides is 2. The number of aryl methyl sites for hydroxylation is 1. The number of carbonyl (C=O) groups excluding carboxylic acids is 2. The highest BCUT2D eigenvalue weighted by Gasteiger charge is 2.36. The van der Waals surface area contributed by atoms with E-state index in [9.17, 15) is 9.59 Å². The lowest BCUT2D eigenvalue weighted by atomic mass is 9.99. The van der Waals surface area contributed by atoms with Crippen molar-refractivity contribution in [2.24, 2.45) is 10.9 Å². The quantitative estimate of drug-likeness (QED) is 0.586. The number of hydrogen-bond acceptors (Lipinski definition) is 5. The van der Waals surface area contributed by atoms with Crippen LogP contribution in [0.15, 0.2) is 46.4 Å². The molecule has 1 aromatic heterocycles. The summed E-state index contributed by atoms with van der Waals surface area (Å²) in [5.74, 6) is -0.367. The predicted molar refractivity (Wildman–Crippen MR) is 136 cm³/mol. The molecule has 176 valence electrons. The van der Waals surface area contributed by atoms with Gasteiger partial charge in [-0.15, -0.1) is 11.3 Å². The van der Waals surface area contributed by atoms with Crippen LogP contribution >= 0.6 is 11.3 Å². The monoisotopic (exact) mass is 466 g/mol. The van der Waals surface area contributed by atoms with Gasteiger partial charge >= 0.3 is 0 Å². The molecule has 7 heteroatoms. The van der Waals surface area contributed by atoms with Crippen molar-refractivity contribution in [3.63, 3.8) is 0 Å². The molecule has 0 spiro atoms. The van der Waals surface area contributed by atoms with Crippen LogP contribution in [-0.4, -0.2) is 47.0 Å². The van der Waals surface area contributed by atoms with E-state index in [1.807, 2.05) is 58.3 Å². The van der Waals surface area contributed by atoms with Crippen molar-refractivity contribution in [1.82, 2.24) is 15.2 Å². The van der Waals surface area contributed by atoms with Crippen LogP contribution in [0, 0.1) is 12.8 Å². The Bertz CT molecular complexity index is 1050. The molecule has 3 unspecified atom stereocenters. The van der Waals surface area contributed by atoms with Gasteiger partial charge in [0.05, 0.1) is 28.0 Å². The predicted octanol–water partition coefficient (Wildman–Crippen LogP) is 4.96. The summed E-state index contributed by atoms with van der Waals surface area (Å²) in [6, 6.07) is 7.67. The Balaban J connectivity index is 1.65. The lowest BCUT2D eigenvalue weighted by Crippen LogP contribution is -2.48. The van der Waals surface area contributed by atoms with Gasteiger partial charge in [0.25, 0.3) is 0 Å². The first kappa shape index (κ1) is 24.8. The number of allylic oxidation sites excluding steroid dienone is 1. The van der Waals surface area contributed by atoms with Crippen LogP contribution in [0.5, 0.6) is 0 Å². The van der Waals surface area contributed by atoms with Crippen molar-refractivity contribution < 1.29 is 9.59 Å². The molecule has 0 radical (unpaired) electrons. The van der Waals surface area contributed by atoms with Crippen LogP contribution in [0.25, 0.3) is 10.4 Å². The van der Waals surface area contributed by atoms with Crippen molar-refractivity contribution in [3.05, 3.63) is 52.7 Å². The van der Waals surface area contributed by atoms with E-state index in [-0.39, 0.29) is 23.8 Å². The van der Waals surface area contributed by atoms with Gasteiger partial charge in [0, 0.05) is 19.3 Å². The molecule has 0 saturated carbocycles. The van der Waals surface area contributed by atoms with Gasteiger partial charge in [-0.3, -0.25) is 14.6 Å². The molecule has 6 nitrogen and oxygen atoms in total. The van der Waals surface area contributed by atoms with E-state index in [2.05, 4.69) is 27.4 Å². The Morgan fingerprint density at radius 1 is 1.24 bits per heavy atom. The summed E-state index contributed by atoms with van der Waals surface area (Å²) in [7, 11) is 1.74. The van der Waals surface area contributed by atoms with E-state index >= 15 is 0 Å². The van der Waals surface area contributed by atoms with Gasteiger partial charge in [0.2, 0.25) is 11.8 Å². The smallest absolute Gasteiger partial charge is 0.243 e. The van der Waals surface area contributed by atoms with Gasteiger partial charge in [0.15, 0.2) is 0 Å². The summed E-state index contributed by atoms with van der Waals surface area (Å²) >= 11 is 1.63. The fraction of sp³-hybridized carbons (Fsp3) is 0.462. The highest BCUT2D eigenvalue weighted by Crippen LogP contribution is 2.29. The zero-order chi connectivity index (χ0) is 24.1. The topological polar surface area (TPSA) is 74.7 Å². The maximum absolute atomic E-state index is 13.2. The van der Waals surface area contributed by atoms with Crippen molar-refractivity contribution in [1.29, 1.82) is 0 Å². The minimum absolute atomic E-state index is 0.00207. The summed E-state index contributed by atoms with van der Waals surface area (Å²) in [5, 5.41) is 3.12. The van der Waals surface area contributed by atoms with Crippen LogP contribution in [0.4, 0.5) is 0 Å². The zero-order valence-electron chi connectivity index (χ0n) is 20.4. The first-order valence-corrected chi connectivity index (χ1v) is 12.3. The maximum atomic E-state index is 13.2. The number of hydrogen-bond donors (Lipinski definition) is 1. The number of nitrogens with zero attached hydrogens (tertiary/aromatic N) is 3. The van der Waals surface area contributed by atoms with E-state index in [1.165, 1.54) is 0 Å². The first-order valence-electron chi connectivity index (χ1n) is 11.5. The number of benzene rings is 1. The maximum Gasteiger partial charge on any atom is 0.243 e. The average Bonchev–Trinajstić information content (AvgIpc) is 3.47. The summed E-state index contributed by atoms with van der Waals surface area (Å²) < 4.78 is 0. The molecular formula is C26H34N4O2S. The SMILES string of the molecule is C/N=C(C)\C=C(/C)C(C)C(=O)N1CCCC1C(=O)NC(C)c1ccc(-c2scnc2C)cc1. The average molecular weight is 467 g/mol. The van der Waals surface area contributed by atoms with Gasteiger partial charge in [-0.1, -0.05) is 29.8 Å². The standard InChI is InChI=1S/C26H34N4O2S/c1-16(14-17(2)27-6)18(3)26(32)30-13-7-8-23(30)25(31)29-19(4)21-9-11-22(12-10-21)24-20(5)28-15-33-24/h9-12,14-15,18-19,23H,7-8,13H2,1-6H3,(H,29,31)/b16-14+,27-17-. The molecular weight excluding hydrogens is 432 g/mol. The second-order valence-electron chi connectivity index (χ2n) is 8.78. The third kappa shape index (κ3) is 5.77. The van der Waals surface area contributed by atoms with Crippen LogP contribution in [0.3, 0.4) is 0 Å². The van der Waals surface area contributed by atoms with Crippen molar-refractivity contribution in [3.8, 4) is 10.4 Å². The molecule has 3 atom stereocenters. The Labute approximate surface area is 200 Å². The molecule has 1 saturated heterocycles. The highest BCUT2D eigenvalue weighted by atomic mass is 32.1. The largest absolute Gasteiger partial charge is 0.348 e. The fourth-order valence-corrected chi connectivity index (χ4v) is 4.97. The third-order valence-electron chi connectivity index (χ3n) is 6.46. The van der Waals surface area contributed by atoms with Gasteiger partial charge in [0.1, 0.15) is 6.04 Å². The van der Waals surface area contributed by atoms with Crippen molar-refractivity contribution in [2.75, 3.05) is 13.6 Å². The van der Waals surface area contributed by atoms with Crippen LogP contribution in [0.2, 0.25) is 0 Å². The fourth-order valence-electron chi connectivity index (χ4n) is 4.16. The number of aromatic nitrogens is 1. The second kappa shape index (κ2) is 10.9. The Kier molecular flexibility index (Phi) is 8.19. The van der Waals surface area contributed by atoms with Gasteiger partial charge < -0.3 is 10.2 Å². The number of likely N-dealkylation sites (tertiary alicyclic amines) is 1. The van der Waals surface area contributed by atoms with Crippen LogP contribution in [0.1, 0.15) is 57.8 Å². The molecule has 1 N–H and O–H groups in total. The molecule has 0 bridgehead atoms. The molecule has 3 rings (SSSR count). The highest BCUT2D eigenvalue weighted by molar-refractivity contribution is 7.13. The number of aliphatic imine (C=N–C) groups is 1. The summed E-state index contributed by atoms with van der Waals surface area (Å²) in [6.45, 7) is 10.4. The molecule has 2 heterocycles. The Morgan fingerprint density at radius 3 is 2.55 bits per heavy atom. The molecule has 33 heavy (non-hydrogen) atoms. The number of thiazole rings is 1. The van der Waals surface area contributed by atoms with E-state index in [0.29, 0.717) is 13.0 Å². The van der Waals surface area contributed by atoms with Crippen molar-refractivity contribution >= 4 is 28.9 Å². The molecule has 1 aliphatic heterocycles.